The van der Waals surface area contributed by atoms with Gasteiger partial charge in [-0.2, -0.15) is 0 Å². The summed E-state index contributed by atoms with van der Waals surface area (Å²) in [6.45, 7) is 3.45. The molecular formula is C15H27NO2. The van der Waals surface area contributed by atoms with Crippen molar-refractivity contribution in [2.24, 2.45) is 5.92 Å². The van der Waals surface area contributed by atoms with Gasteiger partial charge in [0.25, 0.3) is 0 Å². The van der Waals surface area contributed by atoms with Gasteiger partial charge in [0, 0.05) is 12.6 Å². The number of esters is 1. The van der Waals surface area contributed by atoms with Crippen molar-refractivity contribution in [2.75, 3.05) is 13.7 Å². The predicted octanol–water partition coefficient (Wildman–Crippen LogP) is 2.98. The van der Waals surface area contributed by atoms with Gasteiger partial charge in [0.15, 0.2) is 0 Å². The van der Waals surface area contributed by atoms with Gasteiger partial charge >= 0.3 is 5.97 Å². The number of likely N-dealkylation sites (tertiary alicyclic amines) is 1. The summed E-state index contributed by atoms with van der Waals surface area (Å²) in [5.41, 5.74) is 0. The minimum absolute atomic E-state index is 0.0332. The molecule has 18 heavy (non-hydrogen) atoms. The monoisotopic (exact) mass is 253 g/mol. The van der Waals surface area contributed by atoms with Crippen LogP contribution in [0.4, 0.5) is 0 Å². The lowest BCUT2D eigenvalue weighted by Gasteiger charge is -2.44. The van der Waals surface area contributed by atoms with Gasteiger partial charge in [0.1, 0.15) is 6.04 Å². The molecule has 0 bridgehead atoms. The highest BCUT2D eigenvalue weighted by molar-refractivity contribution is 5.76. The summed E-state index contributed by atoms with van der Waals surface area (Å²) < 4.78 is 4.90. The van der Waals surface area contributed by atoms with Gasteiger partial charge < -0.3 is 4.74 Å². The zero-order valence-electron chi connectivity index (χ0n) is 11.9. The van der Waals surface area contributed by atoms with Crippen LogP contribution >= 0.6 is 0 Å². The lowest BCUT2D eigenvalue weighted by Crippen LogP contribution is -2.57. The van der Waals surface area contributed by atoms with Crippen molar-refractivity contribution in [3.63, 3.8) is 0 Å². The fourth-order valence-electron chi connectivity index (χ4n) is 3.38. The quantitative estimate of drug-likeness (QED) is 0.709. The topological polar surface area (TPSA) is 29.5 Å². The SMILES string of the molecule is COC(=O)C1CCN1C1CCCCCC(C)CC1. The number of nitrogens with zero attached hydrogens (tertiary/aromatic N) is 1. The first-order valence-corrected chi connectivity index (χ1v) is 7.56. The number of hydrogen-bond donors (Lipinski definition) is 0. The van der Waals surface area contributed by atoms with E-state index in [9.17, 15) is 4.79 Å². The first kappa shape index (κ1) is 13.9. The zero-order chi connectivity index (χ0) is 13.0. The number of methoxy groups -OCH3 is 1. The Balaban J connectivity index is 1.91. The first-order chi connectivity index (χ1) is 8.72. The minimum atomic E-state index is -0.0332. The molecule has 0 aromatic rings. The molecule has 0 N–H and O–H groups in total. The predicted molar refractivity (Wildman–Crippen MR) is 72.4 cm³/mol. The van der Waals surface area contributed by atoms with E-state index >= 15 is 0 Å². The Labute approximate surface area is 111 Å². The number of rotatable bonds is 2. The highest BCUT2D eigenvalue weighted by Gasteiger charge is 2.39. The van der Waals surface area contributed by atoms with Gasteiger partial charge in [0.05, 0.1) is 7.11 Å². The smallest absolute Gasteiger partial charge is 0.323 e. The molecule has 0 aromatic carbocycles. The van der Waals surface area contributed by atoms with Crippen LogP contribution in [0.25, 0.3) is 0 Å². The fourth-order valence-corrected chi connectivity index (χ4v) is 3.38. The van der Waals surface area contributed by atoms with Gasteiger partial charge in [-0.1, -0.05) is 32.6 Å². The van der Waals surface area contributed by atoms with E-state index in [-0.39, 0.29) is 12.0 Å². The molecule has 3 nitrogen and oxygen atoms in total. The third kappa shape index (κ3) is 3.25. The molecule has 2 aliphatic rings. The standard InChI is InChI=1S/C15H27NO2/c1-12-6-4-3-5-7-13(9-8-12)16-11-10-14(16)15(17)18-2/h12-14H,3-11H2,1-2H3. The Morgan fingerprint density at radius 1 is 1.06 bits per heavy atom. The van der Waals surface area contributed by atoms with E-state index in [4.69, 9.17) is 4.74 Å². The van der Waals surface area contributed by atoms with Gasteiger partial charge in [-0.15, -0.1) is 0 Å². The molecule has 1 aliphatic heterocycles. The third-order valence-corrected chi connectivity index (χ3v) is 4.73. The molecule has 1 saturated carbocycles. The molecule has 104 valence electrons. The summed E-state index contributed by atoms with van der Waals surface area (Å²) in [5, 5.41) is 0. The van der Waals surface area contributed by atoms with Crippen molar-refractivity contribution in [3.05, 3.63) is 0 Å². The van der Waals surface area contributed by atoms with Gasteiger partial charge in [-0.05, 0) is 31.6 Å². The van der Waals surface area contributed by atoms with Crippen LogP contribution < -0.4 is 0 Å². The molecule has 0 aromatic heterocycles. The molecule has 0 amide bonds. The van der Waals surface area contributed by atoms with E-state index in [2.05, 4.69) is 11.8 Å². The largest absolute Gasteiger partial charge is 0.468 e. The number of hydrogen-bond acceptors (Lipinski definition) is 3. The molecular weight excluding hydrogens is 226 g/mol. The van der Waals surface area contributed by atoms with Crippen LogP contribution in [0.15, 0.2) is 0 Å². The van der Waals surface area contributed by atoms with Crippen molar-refractivity contribution in [1.29, 1.82) is 0 Å². The molecule has 2 fully saturated rings. The maximum absolute atomic E-state index is 11.7. The molecule has 2 rings (SSSR count). The van der Waals surface area contributed by atoms with Crippen LogP contribution in [0.1, 0.15) is 58.3 Å². The molecule has 3 unspecified atom stereocenters. The molecule has 3 atom stereocenters. The fraction of sp³-hybridized carbons (Fsp3) is 0.933. The second-order valence-electron chi connectivity index (χ2n) is 6.04. The van der Waals surface area contributed by atoms with Crippen molar-refractivity contribution in [2.45, 2.75) is 70.4 Å². The van der Waals surface area contributed by atoms with Crippen molar-refractivity contribution in [1.82, 2.24) is 4.90 Å². The average Bonchev–Trinajstić information content (AvgIpc) is 2.42. The Bertz CT molecular complexity index is 280. The van der Waals surface area contributed by atoms with Gasteiger partial charge in [-0.25, -0.2) is 0 Å². The van der Waals surface area contributed by atoms with E-state index in [1.807, 2.05) is 0 Å². The second-order valence-corrected chi connectivity index (χ2v) is 6.04. The normalized spacial score (nSPS) is 34.9. The average molecular weight is 253 g/mol. The Morgan fingerprint density at radius 3 is 2.50 bits per heavy atom. The summed E-state index contributed by atoms with van der Waals surface area (Å²) >= 11 is 0. The summed E-state index contributed by atoms with van der Waals surface area (Å²) in [5.74, 6) is 0.817. The van der Waals surface area contributed by atoms with E-state index in [1.54, 1.807) is 0 Å². The number of ether oxygens (including phenoxy) is 1. The molecule has 0 spiro atoms. The van der Waals surface area contributed by atoms with Crippen molar-refractivity contribution >= 4 is 5.97 Å². The third-order valence-electron chi connectivity index (χ3n) is 4.73. The molecule has 3 heteroatoms. The Kier molecular flexibility index (Phi) is 5.04. The summed E-state index contributed by atoms with van der Waals surface area (Å²) in [6.07, 6.45) is 10.3. The van der Waals surface area contributed by atoms with E-state index < -0.39 is 0 Å². The van der Waals surface area contributed by atoms with Crippen LogP contribution in [0.5, 0.6) is 0 Å². The van der Waals surface area contributed by atoms with Crippen LogP contribution in [0, 0.1) is 5.92 Å². The molecule has 1 heterocycles. The highest BCUT2D eigenvalue weighted by atomic mass is 16.5. The molecule has 1 saturated heterocycles. The summed E-state index contributed by atoms with van der Waals surface area (Å²) in [6, 6.07) is 0.666. The zero-order valence-corrected chi connectivity index (χ0v) is 11.9. The lowest BCUT2D eigenvalue weighted by molar-refractivity contribution is -0.154. The van der Waals surface area contributed by atoms with Crippen LogP contribution in [-0.4, -0.2) is 36.6 Å². The second kappa shape index (κ2) is 6.55. The minimum Gasteiger partial charge on any atom is -0.468 e. The summed E-state index contributed by atoms with van der Waals surface area (Å²) in [7, 11) is 1.50. The van der Waals surface area contributed by atoms with Crippen molar-refractivity contribution < 1.29 is 9.53 Å². The van der Waals surface area contributed by atoms with Crippen LogP contribution in [-0.2, 0) is 9.53 Å². The van der Waals surface area contributed by atoms with E-state index in [0.29, 0.717) is 6.04 Å². The Hall–Kier alpha value is -0.570. The maximum atomic E-state index is 11.7. The van der Waals surface area contributed by atoms with E-state index in [0.717, 1.165) is 18.9 Å². The van der Waals surface area contributed by atoms with Crippen molar-refractivity contribution in [3.8, 4) is 0 Å². The molecule has 0 radical (unpaired) electrons. The van der Waals surface area contributed by atoms with Crippen LogP contribution in [0.2, 0.25) is 0 Å². The first-order valence-electron chi connectivity index (χ1n) is 7.56. The van der Waals surface area contributed by atoms with E-state index in [1.165, 1.54) is 52.1 Å². The summed E-state index contributed by atoms with van der Waals surface area (Å²) in [4.78, 5) is 14.1. The molecule has 1 aliphatic carbocycles. The highest BCUT2D eigenvalue weighted by Crippen LogP contribution is 2.30. The lowest BCUT2D eigenvalue weighted by atomic mass is 9.92. The Morgan fingerprint density at radius 2 is 1.83 bits per heavy atom. The van der Waals surface area contributed by atoms with Crippen LogP contribution in [0.3, 0.4) is 0 Å². The van der Waals surface area contributed by atoms with Gasteiger partial charge in [-0.3, -0.25) is 9.69 Å². The van der Waals surface area contributed by atoms with Gasteiger partial charge in [0.2, 0.25) is 0 Å². The number of carbonyl (C=O) groups excluding carboxylic acids is 1. The number of carbonyl (C=O) groups is 1. The maximum Gasteiger partial charge on any atom is 0.323 e.